The summed E-state index contributed by atoms with van der Waals surface area (Å²) in [5, 5.41) is 0. The van der Waals surface area contributed by atoms with Gasteiger partial charge in [0.2, 0.25) is 0 Å². The Morgan fingerprint density at radius 2 is 1.62 bits per heavy atom. The molecular weight excluding hydrogens is 158 g/mol. The van der Waals surface area contributed by atoms with Crippen molar-refractivity contribution in [2.75, 3.05) is 0 Å². The average molecular weight is 173 g/mol. The molecule has 0 aromatic carbocycles. The average Bonchev–Trinajstić information content (AvgIpc) is 2.12. The van der Waals surface area contributed by atoms with Gasteiger partial charge in [0.1, 0.15) is 0 Å². The molecule has 1 nitrogen and oxygen atoms in total. The second-order valence-corrected chi connectivity index (χ2v) is 2.39. The molecule has 0 amide bonds. The Kier molecular flexibility index (Phi) is 6.16. The first kappa shape index (κ1) is 11.4. The zero-order valence-corrected chi connectivity index (χ0v) is 8.03. The third kappa shape index (κ3) is 4.75. The topological polar surface area (TPSA) is 12.4 Å². The zero-order valence-electron chi connectivity index (χ0n) is 8.03. The minimum absolute atomic E-state index is 0.870. The van der Waals surface area contributed by atoms with Crippen LogP contribution in [0.5, 0.6) is 0 Å². The molecule has 0 aliphatic heterocycles. The van der Waals surface area contributed by atoms with E-state index in [4.69, 9.17) is 0 Å². The van der Waals surface area contributed by atoms with Gasteiger partial charge in [-0.2, -0.15) is 0 Å². The van der Waals surface area contributed by atoms with Crippen molar-refractivity contribution >= 4 is 6.21 Å². The number of hydrogen-bond donors (Lipinski definition) is 0. The van der Waals surface area contributed by atoms with Crippen LogP contribution in [0, 0.1) is 0 Å². The standard InChI is InChI=1S/C12H15N/c1-5-8-11(4)12(9-6-2)13-10-7-3/h5-10H,1-3H2,4H3/b11-8-,12-9+,13-10-. The van der Waals surface area contributed by atoms with Crippen molar-refractivity contribution < 1.29 is 0 Å². The Labute approximate surface area is 80.2 Å². The van der Waals surface area contributed by atoms with Gasteiger partial charge in [-0.1, -0.05) is 44.0 Å². The van der Waals surface area contributed by atoms with Gasteiger partial charge in [0.15, 0.2) is 0 Å². The minimum Gasteiger partial charge on any atom is -0.257 e. The third-order valence-corrected chi connectivity index (χ3v) is 1.37. The van der Waals surface area contributed by atoms with Crippen LogP contribution in [0.4, 0.5) is 0 Å². The Balaban J connectivity index is 4.80. The molecule has 0 fully saturated rings. The van der Waals surface area contributed by atoms with Gasteiger partial charge in [-0.3, -0.25) is 4.99 Å². The molecule has 0 unspecified atom stereocenters. The van der Waals surface area contributed by atoms with Crippen molar-refractivity contribution in [2.24, 2.45) is 4.99 Å². The molecule has 0 rings (SSSR count). The van der Waals surface area contributed by atoms with Crippen LogP contribution in [0.25, 0.3) is 0 Å². The molecule has 13 heavy (non-hydrogen) atoms. The van der Waals surface area contributed by atoms with Gasteiger partial charge in [-0.25, -0.2) is 0 Å². The first-order valence-electron chi connectivity index (χ1n) is 4.03. The van der Waals surface area contributed by atoms with E-state index < -0.39 is 0 Å². The minimum atomic E-state index is 0.870. The highest BCUT2D eigenvalue weighted by Gasteiger charge is 1.92. The summed E-state index contributed by atoms with van der Waals surface area (Å²) in [4.78, 5) is 4.18. The fraction of sp³-hybridized carbons (Fsp3) is 0.0833. The molecule has 1 heteroatoms. The monoisotopic (exact) mass is 173 g/mol. The first-order chi connectivity index (χ1) is 6.26. The molecule has 0 radical (unpaired) electrons. The van der Waals surface area contributed by atoms with Gasteiger partial charge < -0.3 is 0 Å². The number of hydrogen-bond acceptors (Lipinski definition) is 1. The van der Waals surface area contributed by atoms with Gasteiger partial charge in [0, 0.05) is 6.21 Å². The molecule has 0 bridgehead atoms. The van der Waals surface area contributed by atoms with E-state index in [1.165, 1.54) is 0 Å². The van der Waals surface area contributed by atoms with E-state index in [9.17, 15) is 0 Å². The highest BCUT2D eigenvalue weighted by molar-refractivity contribution is 5.72. The molecule has 0 aromatic heterocycles. The largest absolute Gasteiger partial charge is 0.257 e. The predicted molar refractivity (Wildman–Crippen MR) is 60.9 cm³/mol. The van der Waals surface area contributed by atoms with Gasteiger partial charge in [0.05, 0.1) is 5.70 Å². The van der Waals surface area contributed by atoms with E-state index >= 15 is 0 Å². The molecule has 0 saturated carbocycles. The summed E-state index contributed by atoms with van der Waals surface area (Å²) in [6.07, 6.45) is 10.5. The van der Waals surface area contributed by atoms with E-state index in [0.29, 0.717) is 0 Å². The Morgan fingerprint density at radius 1 is 1.00 bits per heavy atom. The van der Waals surface area contributed by atoms with Crippen LogP contribution in [0.2, 0.25) is 0 Å². The van der Waals surface area contributed by atoms with Crippen LogP contribution >= 0.6 is 0 Å². The van der Waals surface area contributed by atoms with Crippen LogP contribution in [0.3, 0.4) is 0 Å². The second-order valence-electron chi connectivity index (χ2n) is 2.39. The maximum atomic E-state index is 4.18. The summed E-state index contributed by atoms with van der Waals surface area (Å²) in [5.74, 6) is 0. The van der Waals surface area contributed by atoms with Crippen molar-refractivity contribution in [3.63, 3.8) is 0 Å². The lowest BCUT2D eigenvalue weighted by Gasteiger charge is -1.98. The van der Waals surface area contributed by atoms with Gasteiger partial charge in [-0.05, 0) is 18.6 Å². The van der Waals surface area contributed by atoms with E-state index in [1.54, 1.807) is 24.4 Å². The lowest BCUT2D eigenvalue weighted by atomic mass is 10.2. The van der Waals surface area contributed by atoms with E-state index in [0.717, 1.165) is 11.3 Å². The predicted octanol–water partition coefficient (Wildman–Crippen LogP) is 3.45. The Hall–Kier alpha value is -1.63. The molecular formula is C12H15N. The van der Waals surface area contributed by atoms with Crippen LogP contribution in [-0.4, -0.2) is 6.21 Å². The number of aliphatic imine (C=N–C) groups is 1. The summed E-state index contributed by atoms with van der Waals surface area (Å²) in [7, 11) is 0. The molecule has 68 valence electrons. The molecule has 0 aromatic rings. The van der Waals surface area contributed by atoms with Crippen molar-refractivity contribution in [2.45, 2.75) is 6.92 Å². The summed E-state index contributed by atoms with van der Waals surface area (Å²) in [6.45, 7) is 12.8. The Morgan fingerprint density at radius 3 is 2.08 bits per heavy atom. The van der Waals surface area contributed by atoms with Crippen molar-refractivity contribution in [1.29, 1.82) is 0 Å². The molecule has 0 aliphatic rings. The fourth-order valence-corrected chi connectivity index (χ4v) is 0.783. The maximum absolute atomic E-state index is 4.18. The van der Waals surface area contributed by atoms with Crippen molar-refractivity contribution in [3.8, 4) is 0 Å². The zero-order chi connectivity index (χ0) is 10.1. The SMILES string of the molecule is C=C\C=N/C(=C/C=C)C(/C)=C\C=C. The second kappa shape index (κ2) is 7.04. The van der Waals surface area contributed by atoms with Crippen molar-refractivity contribution in [1.82, 2.24) is 0 Å². The molecule has 0 N–H and O–H groups in total. The Bertz CT molecular complexity index is 277. The summed E-state index contributed by atoms with van der Waals surface area (Å²) in [5.41, 5.74) is 1.92. The van der Waals surface area contributed by atoms with E-state index in [2.05, 4.69) is 24.7 Å². The van der Waals surface area contributed by atoms with E-state index in [1.807, 2.05) is 19.1 Å². The van der Waals surface area contributed by atoms with Crippen LogP contribution in [0.1, 0.15) is 6.92 Å². The molecule has 0 saturated heterocycles. The third-order valence-electron chi connectivity index (χ3n) is 1.37. The normalized spacial score (nSPS) is 13.0. The van der Waals surface area contributed by atoms with Gasteiger partial charge in [-0.15, -0.1) is 0 Å². The van der Waals surface area contributed by atoms with E-state index in [-0.39, 0.29) is 0 Å². The number of allylic oxidation sites excluding steroid dienone is 6. The van der Waals surface area contributed by atoms with Crippen LogP contribution in [-0.2, 0) is 0 Å². The first-order valence-corrected chi connectivity index (χ1v) is 4.03. The maximum Gasteiger partial charge on any atom is 0.0658 e. The highest BCUT2D eigenvalue weighted by atomic mass is 14.7. The smallest absolute Gasteiger partial charge is 0.0658 e. The van der Waals surface area contributed by atoms with Crippen molar-refractivity contribution in [3.05, 3.63) is 61.4 Å². The number of nitrogens with zero attached hydrogens (tertiary/aromatic N) is 1. The molecule has 0 atom stereocenters. The highest BCUT2D eigenvalue weighted by Crippen LogP contribution is 2.10. The summed E-state index contributed by atoms with van der Waals surface area (Å²) >= 11 is 0. The van der Waals surface area contributed by atoms with Crippen LogP contribution < -0.4 is 0 Å². The summed E-state index contributed by atoms with van der Waals surface area (Å²) < 4.78 is 0. The summed E-state index contributed by atoms with van der Waals surface area (Å²) in [6, 6.07) is 0. The van der Waals surface area contributed by atoms with Crippen LogP contribution in [0.15, 0.2) is 66.4 Å². The fourth-order valence-electron chi connectivity index (χ4n) is 0.783. The number of rotatable bonds is 5. The lowest BCUT2D eigenvalue weighted by molar-refractivity contribution is 1.29. The molecule has 0 aliphatic carbocycles. The molecule has 0 spiro atoms. The molecule has 0 heterocycles. The van der Waals surface area contributed by atoms with Gasteiger partial charge in [0.25, 0.3) is 0 Å². The van der Waals surface area contributed by atoms with Gasteiger partial charge >= 0.3 is 0 Å². The quantitative estimate of drug-likeness (QED) is 0.446. The lowest BCUT2D eigenvalue weighted by Crippen LogP contribution is -1.81.